The number of rotatable bonds is 5. The Morgan fingerprint density at radius 2 is 2.28 bits per heavy atom. The summed E-state index contributed by atoms with van der Waals surface area (Å²) in [5, 5.41) is 3.47. The van der Waals surface area contributed by atoms with Crippen LogP contribution in [-0.2, 0) is 4.74 Å². The molecule has 0 amide bonds. The van der Waals surface area contributed by atoms with E-state index in [2.05, 4.69) is 31.0 Å². The lowest BCUT2D eigenvalue weighted by Gasteiger charge is -2.35. The van der Waals surface area contributed by atoms with Gasteiger partial charge in [0, 0.05) is 25.7 Å². The van der Waals surface area contributed by atoms with E-state index in [-0.39, 0.29) is 12.1 Å². The van der Waals surface area contributed by atoms with E-state index in [0.717, 1.165) is 32.0 Å². The van der Waals surface area contributed by atoms with Crippen LogP contribution in [0.15, 0.2) is 22.8 Å². The minimum atomic E-state index is 0.234. The third kappa shape index (κ3) is 3.57. The molecule has 18 heavy (non-hydrogen) atoms. The van der Waals surface area contributed by atoms with Crippen molar-refractivity contribution in [3.8, 4) is 0 Å². The topological polar surface area (TPSA) is 37.6 Å². The van der Waals surface area contributed by atoms with E-state index >= 15 is 0 Å². The molecule has 2 atom stereocenters. The number of ether oxygens (including phenoxy) is 1. The van der Waals surface area contributed by atoms with Gasteiger partial charge >= 0.3 is 0 Å². The summed E-state index contributed by atoms with van der Waals surface area (Å²) in [7, 11) is 0. The number of hydrogen-bond donors (Lipinski definition) is 1. The second-order valence-corrected chi connectivity index (χ2v) is 5.23. The Morgan fingerprint density at radius 3 is 2.94 bits per heavy atom. The molecule has 4 nitrogen and oxygen atoms in total. The van der Waals surface area contributed by atoms with E-state index in [1.165, 1.54) is 0 Å². The first-order chi connectivity index (χ1) is 8.66. The Kier molecular flexibility index (Phi) is 4.80. The normalized spacial score (nSPS) is 23.4. The average molecular weight is 252 g/mol. The SMILES string of the molecule is CC(C)N1CCOC(CN[C@H](C)c2ccco2)C1. The first-order valence-corrected chi connectivity index (χ1v) is 6.79. The highest BCUT2D eigenvalue weighted by Gasteiger charge is 2.22. The highest BCUT2D eigenvalue weighted by Crippen LogP contribution is 2.13. The summed E-state index contributed by atoms with van der Waals surface area (Å²) in [6.45, 7) is 10.3. The monoisotopic (exact) mass is 252 g/mol. The second-order valence-electron chi connectivity index (χ2n) is 5.23. The van der Waals surface area contributed by atoms with Crippen LogP contribution >= 0.6 is 0 Å². The molecule has 1 saturated heterocycles. The predicted molar refractivity (Wildman–Crippen MR) is 71.6 cm³/mol. The summed E-state index contributed by atoms with van der Waals surface area (Å²) >= 11 is 0. The van der Waals surface area contributed by atoms with Crippen LogP contribution in [0.2, 0.25) is 0 Å². The molecule has 1 fully saturated rings. The molecule has 1 N–H and O–H groups in total. The molecule has 0 radical (unpaired) electrons. The lowest BCUT2D eigenvalue weighted by Crippen LogP contribution is -2.49. The minimum absolute atomic E-state index is 0.234. The molecule has 1 aromatic rings. The number of nitrogens with zero attached hydrogens (tertiary/aromatic N) is 1. The molecule has 0 aromatic carbocycles. The summed E-state index contributed by atoms with van der Waals surface area (Å²) in [4.78, 5) is 2.47. The highest BCUT2D eigenvalue weighted by molar-refractivity contribution is 5.03. The van der Waals surface area contributed by atoms with Gasteiger partial charge in [0.25, 0.3) is 0 Å². The van der Waals surface area contributed by atoms with Gasteiger partial charge in [-0.3, -0.25) is 4.90 Å². The van der Waals surface area contributed by atoms with Crippen LogP contribution in [0.25, 0.3) is 0 Å². The Balaban J connectivity index is 1.76. The maximum Gasteiger partial charge on any atom is 0.120 e. The summed E-state index contributed by atoms with van der Waals surface area (Å²) in [6.07, 6.45) is 1.99. The largest absolute Gasteiger partial charge is 0.468 e. The average Bonchev–Trinajstić information content (AvgIpc) is 2.90. The quantitative estimate of drug-likeness (QED) is 0.870. The van der Waals surface area contributed by atoms with Crippen molar-refractivity contribution in [1.29, 1.82) is 0 Å². The molecule has 0 aliphatic carbocycles. The first kappa shape index (κ1) is 13.6. The van der Waals surface area contributed by atoms with E-state index < -0.39 is 0 Å². The first-order valence-electron chi connectivity index (χ1n) is 6.79. The Bertz CT molecular complexity index is 338. The van der Waals surface area contributed by atoms with Crippen LogP contribution in [0.3, 0.4) is 0 Å². The van der Waals surface area contributed by atoms with Crippen LogP contribution in [0.4, 0.5) is 0 Å². The van der Waals surface area contributed by atoms with Crippen molar-refractivity contribution in [3.63, 3.8) is 0 Å². The third-order valence-electron chi connectivity index (χ3n) is 3.52. The molecule has 102 valence electrons. The molecule has 1 aliphatic rings. The number of furan rings is 1. The Labute approximate surface area is 109 Å². The Hall–Kier alpha value is -0.840. The maximum atomic E-state index is 5.79. The van der Waals surface area contributed by atoms with E-state index in [9.17, 15) is 0 Å². The van der Waals surface area contributed by atoms with E-state index in [1.54, 1.807) is 6.26 Å². The van der Waals surface area contributed by atoms with Crippen molar-refractivity contribution in [3.05, 3.63) is 24.2 Å². The number of nitrogens with one attached hydrogen (secondary N) is 1. The minimum Gasteiger partial charge on any atom is -0.468 e. The van der Waals surface area contributed by atoms with Crippen molar-refractivity contribution < 1.29 is 9.15 Å². The molecule has 2 heterocycles. The fourth-order valence-corrected chi connectivity index (χ4v) is 2.28. The van der Waals surface area contributed by atoms with Crippen molar-refractivity contribution >= 4 is 0 Å². The summed E-state index contributed by atoms with van der Waals surface area (Å²) in [5.41, 5.74) is 0. The van der Waals surface area contributed by atoms with E-state index in [1.807, 2.05) is 12.1 Å². The van der Waals surface area contributed by atoms with Crippen LogP contribution < -0.4 is 5.32 Å². The third-order valence-corrected chi connectivity index (χ3v) is 3.52. The van der Waals surface area contributed by atoms with Gasteiger partial charge in [0.1, 0.15) is 5.76 Å². The van der Waals surface area contributed by atoms with Crippen molar-refractivity contribution in [1.82, 2.24) is 10.2 Å². The van der Waals surface area contributed by atoms with Crippen molar-refractivity contribution in [2.75, 3.05) is 26.2 Å². The van der Waals surface area contributed by atoms with Gasteiger partial charge in [0.05, 0.1) is 25.0 Å². The molecule has 1 aliphatic heterocycles. The second kappa shape index (κ2) is 6.36. The maximum absolute atomic E-state index is 5.79. The molecule has 1 unspecified atom stereocenters. The van der Waals surface area contributed by atoms with Crippen molar-refractivity contribution in [2.24, 2.45) is 0 Å². The molecular weight excluding hydrogens is 228 g/mol. The van der Waals surface area contributed by atoms with Gasteiger partial charge in [-0.1, -0.05) is 0 Å². The zero-order valence-electron chi connectivity index (χ0n) is 11.6. The van der Waals surface area contributed by atoms with Gasteiger partial charge < -0.3 is 14.5 Å². The van der Waals surface area contributed by atoms with Crippen LogP contribution in [0.1, 0.15) is 32.6 Å². The zero-order chi connectivity index (χ0) is 13.0. The van der Waals surface area contributed by atoms with Crippen LogP contribution in [-0.4, -0.2) is 43.3 Å². The van der Waals surface area contributed by atoms with Gasteiger partial charge in [-0.25, -0.2) is 0 Å². The standard InChI is InChI=1S/C14H24N2O2/c1-11(2)16-6-8-17-13(10-16)9-15-12(3)14-5-4-7-18-14/h4-5,7,11-13,15H,6,8-10H2,1-3H3/t12-,13?/m1/s1. The molecule has 0 spiro atoms. The van der Waals surface area contributed by atoms with Gasteiger partial charge in [-0.05, 0) is 32.9 Å². The molecule has 4 heteroatoms. The Morgan fingerprint density at radius 1 is 1.44 bits per heavy atom. The highest BCUT2D eigenvalue weighted by atomic mass is 16.5. The van der Waals surface area contributed by atoms with E-state index in [0.29, 0.717) is 6.04 Å². The zero-order valence-corrected chi connectivity index (χ0v) is 11.6. The molecular formula is C14H24N2O2. The van der Waals surface area contributed by atoms with Gasteiger partial charge in [0.2, 0.25) is 0 Å². The predicted octanol–water partition coefficient (Wildman–Crippen LogP) is 2.04. The van der Waals surface area contributed by atoms with Crippen LogP contribution in [0.5, 0.6) is 0 Å². The van der Waals surface area contributed by atoms with Gasteiger partial charge in [-0.15, -0.1) is 0 Å². The van der Waals surface area contributed by atoms with E-state index in [4.69, 9.17) is 9.15 Å². The fraction of sp³-hybridized carbons (Fsp3) is 0.714. The lowest BCUT2D eigenvalue weighted by molar-refractivity contribution is -0.0381. The molecule has 0 saturated carbocycles. The van der Waals surface area contributed by atoms with Gasteiger partial charge in [0.15, 0.2) is 0 Å². The smallest absolute Gasteiger partial charge is 0.120 e. The molecule has 1 aromatic heterocycles. The lowest BCUT2D eigenvalue weighted by atomic mass is 10.2. The summed E-state index contributed by atoms with van der Waals surface area (Å²) < 4.78 is 11.2. The fourth-order valence-electron chi connectivity index (χ4n) is 2.28. The number of morpholine rings is 1. The van der Waals surface area contributed by atoms with Crippen LogP contribution in [0, 0.1) is 0 Å². The molecule has 2 rings (SSSR count). The number of hydrogen-bond acceptors (Lipinski definition) is 4. The summed E-state index contributed by atoms with van der Waals surface area (Å²) in [5.74, 6) is 0.978. The molecule has 0 bridgehead atoms. The van der Waals surface area contributed by atoms with Crippen molar-refractivity contribution in [2.45, 2.75) is 39.0 Å². The van der Waals surface area contributed by atoms with Gasteiger partial charge in [-0.2, -0.15) is 0 Å². The summed E-state index contributed by atoms with van der Waals surface area (Å²) in [6, 6.07) is 4.75.